The van der Waals surface area contributed by atoms with E-state index in [1.165, 1.54) is 28.4 Å². The molecule has 0 radical (unpaired) electrons. The molecule has 1 aliphatic carbocycles. The second kappa shape index (κ2) is 7.63. The first-order valence-corrected chi connectivity index (χ1v) is 6.60. The second-order valence-corrected chi connectivity index (χ2v) is 4.81. The van der Waals surface area contributed by atoms with Crippen molar-refractivity contribution in [1.82, 2.24) is 0 Å². The van der Waals surface area contributed by atoms with Crippen molar-refractivity contribution >= 4 is 17.9 Å². The van der Waals surface area contributed by atoms with Crippen LogP contribution in [0.1, 0.15) is 12.8 Å². The summed E-state index contributed by atoms with van der Waals surface area (Å²) in [4.78, 5) is 35.9. The summed E-state index contributed by atoms with van der Waals surface area (Å²) in [5.74, 6) is -2.78. The summed E-state index contributed by atoms with van der Waals surface area (Å²) in [6.07, 6.45) is 4.97. The molecule has 1 unspecified atom stereocenters. The van der Waals surface area contributed by atoms with E-state index in [2.05, 4.69) is 4.74 Å². The SMILES string of the molecule is COC(=O)CC1(C(C(=O)OC)C(=O)OC)C=CC(OC)=CC1. The number of allylic oxidation sites excluding steroid dienone is 3. The van der Waals surface area contributed by atoms with Gasteiger partial charge in [0, 0.05) is 5.41 Å². The van der Waals surface area contributed by atoms with Gasteiger partial charge in [0.05, 0.1) is 34.9 Å². The summed E-state index contributed by atoms with van der Waals surface area (Å²) in [5.41, 5.74) is -1.12. The molecule has 0 spiro atoms. The Bertz CT molecular complexity index is 490. The van der Waals surface area contributed by atoms with Crippen molar-refractivity contribution in [3.8, 4) is 0 Å². The van der Waals surface area contributed by atoms with Crippen LogP contribution in [-0.4, -0.2) is 46.3 Å². The monoisotopic (exact) mass is 312 g/mol. The van der Waals surface area contributed by atoms with Gasteiger partial charge in [-0.2, -0.15) is 0 Å². The zero-order valence-corrected chi connectivity index (χ0v) is 13.1. The minimum atomic E-state index is -1.27. The molecule has 0 bridgehead atoms. The largest absolute Gasteiger partial charge is 0.497 e. The van der Waals surface area contributed by atoms with Crippen molar-refractivity contribution in [2.75, 3.05) is 28.4 Å². The molecule has 7 heteroatoms. The average molecular weight is 312 g/mol. The number of carbonyl (C=O) groups is 3. The summed E-state index contributed by atoms with van der Waals surface area (Å²) in [7, 11) is 5.09. The molecular weight excluding hydrogens is 292 g/mol. The molecule has 0 aromatic carbocycles. The molecule has 22 heavy (non-hydrogen) atoms. The Morgan fingerprint density at radius 3 is 2.05 bits per heavy atom. The number of methoxy groups -OCH3 is 4. The van der Waals surface area contributed by atoms with E-state index in [-0.39, 0.29) is 12.8 Å². The first kappa shape index (κ1) is 17.7. The highest BCUT2D eigenvalue weighted by molar-refractivity contribution is 5.97. The van der Waals surface area contributed by atoms with Crippen LogP contribution in [0.4, 0.5) is 0 Å². The predicted octanol–water partition coefficient (Wildman–Crippen LogP) is 0.988. The van der Waals surface area contributed by atoms with Crippen LogP contribution in [0.5, 0.6) is 0 Å². The van der Waals surface area contributed by atoms with Gasteiger partial charge >= 0.3 is 17.9 Å². The Balaban J connectivity index is 3.26. The maximum absolute atomic E-state index is 12.1. The average Bonchev–Trinajstić information content (AvgIpc) is 2.55. The van der Waals surface area contributed by atoms with Gasteiger partial charge in [0.15, 0.2) is 5.92 Å². The lowest BCUT2D eigenvalue weighted by Gasteiger charge is -2.35. The first-order chi connectivity index (χ1) is 10.4. The van der Waals surface area contributed by atoms with E-state index < -0.39 is 29.2 Å². The summed E-state index contributed by atoms with van der Waals surface area (Å²) < 4.78 is 19.2. The maximum atomic E-state index is 12.1. The summed E-state index contributed by atoms with van der Waals surface area (Å²) in [6.45, 7) is 0. The fourth-order valence-corrected chi connectivity index (χ4v) is 2.42. The van der Waals surface area contributed by atoms with Crippen LogP contribution in [0, 0.1) is 11.3 Å². The Hall–Kier alpha value is -2.31. The Kier molecular flexibility index (Phi) is 6.15. The quantitative estimate of drug-likeness (QED) is 0.410. The minimum Gasteiger partial charge on any atom is -0.497 e. The van der Waals surface area contributed by atoms with Crippen molar-refractivity contribution in [3.05, 3.63) is 24.0 Å². The third-order valence-electron chi connectivity index (χ3n) is 3.65. The van der Waals surface area contributed by atoms with E-state index in [0.29, 0.717) is 5.76 Å². The Morgan fingerprint density at radius 2 is 1.68 bits per heavy atom. The number of hydrogen-bond donors (Lipinski definition) is 0. The highest BCUT2D eigenvalue weighted by atomic mass is 16.5. The standard InChI is InChI=1S/C15H20O7/c1-19-10-5-7-15(8-6-10,9-11(16)20-2)12(13(17)21-3)14(18)22-4/h5-7,12H,8-9H2,1-4H3. The molecule has 0 N–H and O–H groups in total. The number of rotatable bonds is 6. The van der Waals surface area contributed by atoms with E-state index in [1.807, 2.05) is 0 Å². The van der Waals surface area contributed by atoms with Crippen molar-refractivity contribution in [3.63, 3.8) is 0 Å². The highest BCUT2D eigenvalue weighted by Crippen LogP contribution is 2.42. The number of carbonyl (C=O) groups excluding carboxylic acids is 3. The minimum absolute atomic E-state index is 0.164. The van der Waals surface area contributed by atoms with Crippen LogP contribution < -0.4 is 0 Å². The normalized spacial score (nSPS) is 20.1. The van der Waals surface area contributed by atoms with Gasteiger partial charge in [-0.05, 0) is 18.6 Å². The molecule has 1 rings (SSSR count). The maximum Gasteiger partial charge on any atom is 0.320 e. The molecule has 7 nitrogen and oxygen atoms in total. The summed E-state index contributed by atoms with van der Waals surface area (Å²) in [5, 5.41) is 0. The topological polar surface area (TPSA) is 88.1 Å². The van der Waals surface area contributed by atoms with Crippen LogP contribution in [0.15, 0.2) is 24.0 Å². The Labute approximate surface area is 128 Å². The fourth-order valence-electron chi connectivity index (χ4n) is 2.42. The third kappa shape index (κ3) is 3.66. The van der Waals surface area contributed by atoms with Gasteiger partial charge in [-0.1, -0.05) is 6.08 Å². The molecular formula is C15H20O7. The number of ether oxygens (including phenoxy) is 4. The lowest BCUT2D eigenvalue weighted by molar-refractivity contribution is -0.165. The van der Waals surface area contributed by atoms with E-state index in [9.17, 15) is 14.4 Å². The van der Waals surface area contributed by atoms with Crippen LogP contribution >= 0.6 is 0 Å². The molecule has 0 saturated heterocycles. The summed E-state index contributed by atoms with van der Waals surface area (Å²) >= 11 is 0. The van der Waals surface area contributed by atoms with E-state index in [1.54, 1.807) is 18.2 Å². The number of hydrogen-bond acceptors (Lipinski definition) is 7. The van der Waals surface area contributed by atoms with Crippen LogP contribution in [-0.2, 0) is 33.3 Å². The lowest BCUT2D eigenvalue weighted by Crippen LogP contribution is -2.43. The second-order valence-electron chi connectivity index (χ2n) is 4.81. The van der Waals surface area contributed by atoms with Gasteiger partial charge in [0.2, 0.25) is 0 Å². The van der Waals surface area contributed by atoms with Gasteiger partial charge in [0.1, 0.15) is 5.76 Å². The zero-order chi connectivity index (χ0) is 16.8. The summed E-state index contributed by atoms with van der Waals surface area (Å²) in [6, 6.07) is 0. The van der Waals surface area contributed by atoms with E-state index in [0.717, 1.165) is 0 Å². The molecule has 0 saturated carbocycles. The molecule has 0 aromatic heterocycles. The highest BCUT2D eigenvalue weighted by Gasteiger charge is 2.49. The molecule has 122 valence electrons. The Morgan fingerprint density at radius 1 is 1.09 bits per heavy atom. The van der Waals surface area contributed by atoms with E-state index in [4.69, 9.17) is 14.2 Å². The van der Waals surface area contributed by atoms with Gasteiger partial charge in [-0.3, -0.25) is 14.4 Å². The van der Waals surface area contributed by atoms with Crippen molar-refractivity contribution in [1.29, 1.82) is 0 Å². The van der Waals surface area contributed by atoms with Crippen LogP contribution in [0.2, 0.25) is 0 Å². The van der Waals surface area contributed by atoms with Gasteiger partial charge in [-0.25, -0.2) is 0 Å². The molecule has 0 fully saturated rings. The lowest BCUT2D eigenvalue weighted by atomic mass is 9.68. The van der Waals surface area contributed by atoms with Crippen molar-refractivity contribution in [2.45, 2.75) is 12.8 Å². The zero-order valence-electron chi connectivity index (χ0n) is 13.1. The van der Waals surface area contributed by atoms with Gasteiger partial charge < -0.3 is 18.9 Å². The molecule has 0 aliphatic heterocycles. The third-order valence-corrected chi connectivity index (χ3v) is 3.65. The van der Waals surface area contributed by atoms with Crippen molar-refractivity contribution < 1.29 is 33.3 Å². The molecule has 1 atom stereocenters. The molecule has 0 aromatic rings. The van der Waals surface area contributed by atoms with Crippen molar-refractivity contribution in [2.24, 2.45) is 11.3 Å². The predicted molar refractivity (Wildman–Crippen MR) is 75.4 cm³/mol. The molecule has 0 heterocycles. The van der Waals surface area contributed by atoms with Crippen LogP contribution in [0.25, 0.3) is 0 Å². The smallest absolute Gasteiger partial charge is 0.320 e. The number of esters is 3. The first-order valence-electron chi connectivity index (χ1n) is 6.60. The van der Waals surface area contributed by atoms with Gasteiger partial charge in [-0.15, -0.1) is 0 Å². The molecule has 0 amide bonds. The molecule has 1 aliphatic rings. The van der Waals surface area contributed by atoms with E-state index >= 15 is 0 Å². The van der Waals surface area contributed by atoms with Crippen LogP contribution in [0.3, 0.4) is 0 Å². The fraction of sp³-hybridized carbons (Fsp3) is 0.533. The van der Waals surface area contributed by atoms with Gasteiger partial charge in [0.25, 0.3) is 0 Å².